The predicted molar refractivity (Wildman–Crippen MR) is 97.4 cm³/mol. The fourth-order valence-corrected chi connectivity index (χ4v) is 2.87. The molecule has 1 heterocycles. The number of fused-ring (bicyclic) bond motifs is 1. The molecular formula is C18H20N4O4. The first kappa shape index (κ1) is 17.5. The van der Waals surface area contributed by atoms with Gasteiger partial charge in [-0.3, -0.25) is 10.1 Å². The molecule has 0 spiro atoms. The van der Waals surface area contributed by atoms with Gasteiger partial charge in [-0.2, -0.15) is 0 Å². The van der Waals surface area contributed by atoms with Crippen molar-refractivity contribution >= 4 is 11.6 Å². The van der Waals surface area contributed by atoms with Crippen molar-refractivity contribution in [1.29, 1.82) is 0 Å². The molecule has 8 nitrogen and oxygen atoms in total. The van der Waals surface area contributed by atoms with Gasteiger partial charge in [0.2, 0.25) is 0 Å². The van der Waals surface area contributed by atoms with Gasteiger partial charge in [-0.25, -0.2) is 4.99 Å². The fraction of sp³-hybridized carbons (Fsp3) is 0.278. The van der Waals surface area contributed by atoms with E-state index in [2.05, 4.69) is 10.3 Å². The van der Waals surface area contributed by atoms with Crippen LogP contribution in [0.3, 0.4) is 0 Å². The molecule has 2 aromatic rings. The normalized spacial score (nSPS) is 16.3. The van der Waals surface area contributed by atoms with Crippen LogP contribution in [-0.2, 0) is 6.54 Å². The minimum Gasteiger partial charge on any atom is -0.493 e. The lowest BCUT2D eigenvalue weighted by atomic mass is 10.0. The number of ether oxygens (including phenoxy) is 2. The maximum Gasteiger partial charge on any atom is 0.311 e. The SMILES string of the molecule is COc1ccc(CN=C(N)NC2CCOc3ccccc32)cc1[N+](=O)[O-]. The number of methoxy groups -OCH3 is 1. The Balaban J connectivity index is 1.70. The third-order valence-electron chi connectivity index (χ3n) is 4.15. The number of rotatable bonds is 5. The molecule has 136 valence electrons. The molecule has 0 bridgehead atoms. The Bertz CT molecular complexity index is 838. The fourth-order valence-electron chi connectivity index (χ4n) is 2.87. The number of guanidine groups is 1. The highest BCUT2D eigenvalue weighted by Crippen LogP contribution is 2.31. The summed E-state index contributed by atoms with van der Waals surface area (Å²) in [5.74, 6) is 1.34. The average Bonchev–Trinajstić information content (AvgIpc) is 2.66. The zero-order valence-electron chi connectivity index (χ0n) is 14.3. The van der Waals surface area contributed by atoms with Crippen molar-refractivity contribution in [3.8, 4) is 11.5 Å². The highest BCUT2D eigenvalue weighted by molar-refractivity contribution is 5.78. The summed E-state index contributed by atoms with van der Waals surface area (Å²) in [6, 6.07) is 12.5. The number of hydrogen-bond acceptors (Lipinski definition) is 5. The molecule has 0 amide bonds. The van der Waals surface area contributed by atoms with E-state index in [-0.39, 0.29) is 30.0 Å². The van der Waals surface area contributed by atoms with Crippen molar-refractivity contribution in [2.45, 2.75) is 19.0 Å². The summed E-state index contributed by atoms with van der Waals surface area (Å²) in [4.78, 5) is 14.9. The third kappa shape index (κ3) is 3.85. The van der Waals surface area contributed by atoms with E-state index in [4.69, 9.17) is 15.2 Å². The number of benzene rings is 2. The number of para-hydroxylation sites is 1. The van der Waals surface area contributed by atoms with Crippen LogP contribution in [0.25, 0.3) is 0 Å². The van der Waals surface area contributed by atoms with E-state index in [0.29, 0.717) is 12.2 Å². The van der Waals surface area contributed by atoms with Gasteiger partial charge in [-0.05, 0) is 17.7 Å². The second kappa shape index (κ2) is 7.73. The first-order valence-corrected chi connectivity index (χ1v) is 8.18. The molecule has 3 rings (SSSR count). The van der Waals surface area contributed by atoms with E-state index >= 15 is 0 Å². The second-order valence-corrected chi connectivity index (χ2v) is 5.84. The van der Waals surface area contributed by atoms with Crippen LogP contribution < -0.4 is 20.5 Å². The smallest absolute Gasteiger partial charge is 0.311 e. The maximum absolute atomic E-state index is 11.1. The Hall–Kier alpha value is -3.29. The van der Waals surface area contributed by atoms with Gasteiger partial charge in [0.05, 0.1) is 31.2 Å². The second-order valence-electron chi connectivity index (χ2n) is 5.84. The summed E-state index contributed by atoms with van der Waals surface area (Å²) in [6.45, 7) is 0.834. The van der Waals surface area contributed by atoms with Crippen molar-refractivity contribution in [3.63, 3.8) is 0 Å². The Labute approximate surface area is 150 Å². The minimum absolute atomic E-state index is 0.0221. The van der Waals surface area contributed by atoms with E-state index in [1.165, 1.54) is 13.2 Å². The van der Waals surface area contributed by atoms with E-state index in [0.717, 1.165) is 17.7 Å². The van der Waals surface area contributed by atoms with Gasteiger partial charge < -0.3 is 20.5 Å². The van der Waals surface area contributed by atoms with Crippen LogP contribution in [0.5, 0.6) is 11.5 Å². The summed E-state index contributed by atoms with van der Waals surface area (Å²) in [5.41, 5.74) is 7.62. The molecule has 0 fully saturated rings. The van der Waals surface area contributed by atoms with Gasteiger partial charge in [-0.1, -0.05) is 24.3 Å². The topological polar surface area (TPSA) is 112 Å². The lowest BCUT2D eigenvalue weighted by Gasteiger charge is -2.26. The van der Waals surface area contributed by atoms with E-state index < -0.39 is 4.92 Å². The van der Waals surface area contributed by atoms with Gasteiger partial charge in [0, 0.05) is 18.1 Å². The summed E-state index contributed by atoms with van der Waals surface area (Å²) < 4.78 is 10.6. The van der Waals surface area contributed by atoms with Gasteiger partial charge in [-0.15, -0.1) is 0 Å². The largest absolute Gasteiger partial charge is 0.493 e. The van der Waals surface area contributed by atoms with Crippen molar-refractivity contribution < 1.29 is 14.4 Å². The molecule has 1 unspecified atom stereocenters. The van der Waals surface area contributed by atoms with Crippen LogP contribution in [0, 0.1) is 10.1 Å². The number of hydrogen-bond donors (Lipinski definition) is 2. The minimum atomic E-state index is -0.480. The van der Waals surface area contributed by atoms with Crippen LogP contribution in [0.15, 0.2) is 47.5 Å². The lowest BCUT2D eigenvalue weighted by Crippen LogP contribution is -2.37. The van der Waals surface area contributed by atoms with Crippen LogP contribution >= 0.6 is 0 Å². The van der Waals surface area contributed by atoms with Gasteiger partial charge >= 0.3 is 5.69 Å². The maximum atomic E-state index is 11.1. The summed E-state index contributed by atoms with van der Waals surface area (Å²) >= 11 is 0. The van der Waals surface area contributed by atoms with Gasteiger partial charge in [0.25, 0.3) is 0 Å². The number of nitrogens with zero attached hydrogens (tertiary/aromatic N) is 2. The van der Waals surface area contributed by atoms with Crippen LogP contribution in [0.2, 0.25) is 0 Å². The first-order valence-electron chi connectivity index (χ1n) is 8.18. The molecule has 1 atom stereocenters. The third-order valence-corrected chi connectivity index (χ3v) is 4.15. The zero-order chi connectivity index (χ0) is 18.5. The predicted octanol–water partition coefficient (Wildman–Crippen LogP) is 2.53. The molecule has 26 heavy (non-hydrogen) atoms. The molecule has 1 aliphatic heterocycles. The first-order chi connectivity index (χ1) is 12.6. The monoisotopic (exact) mass is 356 g/mol. The molecular weight excluding hydrogens is 336 g/mol. The molecule has 3 N–H and O–H groups in total. The lowest BCUT2D eigenvalue weighted by molar-refractivity contribution is -0.385. The van der Waals surface area contributed by atoms with Crippen molar-refractivity contribution in [2.75, 3.05) is 13.7 Å². The summed E-state index contributed by atoms with van der Waals surface area (Å²) in [6.07, 6.45) is 0.779. The standard InChI is InChI=1S/C18H20N4O4/c1-25-17-7-6-12(10-15(17)22(23)24)11-20-18(19)21-14-8-9-26-16-5-3-2-4-13(14)16/h2-7,10,14H,8-9,11H2,1H3,(H3,19,20,21). The number of nitrogens with two attached hydrogens (primary N) is 1. The summed E-state index contributed by atoms with van der Waals surface area (Å²) in [5, 5.41) is 14.3. The van der Waals surface area contributed by atoms with Crippen LogP contribution in [0.4, 0.5) is 5.69 Å². The van der Waals surface area contributed by atoms with Gasteiger partial charge in [0.15, 0.2) is 11.7 Å². The number of nitrogens with one attached hydrogen (secondary N) is 1. The molecule has 1 aliphatic rings. The average molecular weight is 356 g/mol. The van der Waals surface area contributed by atoms with Crippen molar-refractivity contribution in [2.24, 2.45) is 10.7 Å². The van der Waals surface area contributed by atoms with E-state index in [1.807, 2.05) is 24.3 Å². The highest BCUT2D eigenvalue weighted by Gasteiger charge is 2.21. The molecule has 0 aromatic heterocycles. The van der Waals surface area contributed by atoms with E-state index in [1.54, 1.807) is 12.1 Å². The Morgan fingerprint density at radius 3 is 3.00 bits per heavy atom. The molecule has 2 aromatic carbocycles. The molecule has 0 saturated carbocycles. The molecule has 0 aliphatic carbocycles. The molecule has 0 radical (unpaired) electrons. The van der Waals surface area contributed by atoms with Crippen LogP contribution in [-0.4, -0.2) is 24.6 Å². The quantitative estimate of drug-likeness (QED) is 0.368. The number of nitro benzene ring substituents is 1. The van der Waals surface area contributed by atoms with Crippen molar-refractivity contribution in [1.82, 2.24) is 5.32 Å². The van der Waals surface area contributed by atoms with E-state index in [9.17, 15) is 10.1 Å². The molecule has 0 saturated heterocycles. The summed E-state index contributed by atoms with van der Waals surface area (Å²) in [7, 11) is 1.40. The van der Waals surface area contributed by atoms with Crippen LogP contribution in [0.1, 0.15) is 23.6 Å². The Morgan fingerprint density at radius 1 is 1.42 bits per heavy atom. The Morgan fingerprint density at radius 2 is 2.23 bits per heavy atom. The highest BCUT2D eigenvalue weighted by atomic mass is 16.6. The number of nitro groups is 1. The number of aliphatic imine (C=N–C) groups is 1. The van der Waals surface area contributed by atoms with Gasteiger partial charge in [0.1, 0.15) is 5.75 Å². The molecule has 8 heteroatoms. The zero-order valence-corrected chi connectivity index (χ0v) is 14.3. The van der Waals surface area contributed by atoms with Crippen molar-refractivity contribution in [3.05, 3.63) is 63.7 Å². The Kier molecular flexibility index (Phi) is 5.21.